The quantitative estimate of drug-likeness (QED) is 0.613. The second-order valence-corrected chi connectivity index (χ2v) is 3.45. The molecular weight excluding hydrogens is 168 g/mol. The lowest BCUT2D eigenvalue weighted by molar-refractivity contribution is -0.137. The van der Waals surface area contributed by atoms with Crippen LogP contribution in [0, 0.1) is 5.92 Å². The summed E-state index contributed by atoms with van der Waals surface area (Å²) < 4.78 is 0. The van der Waals surface area contributed by atoms with Crippen molar-refractivity contribution >= 4 is 5.97 Å². The summed E-state index contributed by atoms with van der Waals surface area (Å²) in [5.74, 6) is -0.238. The van der Waals surface area contributed by atoms with Crippen molar-refractivity contribution in [3.05, 3.63) is 0 Å². The number of carboxylic acids is 1. The molecule has 0 radical (unpaired) electrons. The van der Waals surface area contributed by atoms with E-state index < -0.39 is 5.97 Å². The minimum Gasteiger partial charge on any atom is -0.481 e. The number of hydrogen-bond donors (Lipinski definition) is 2. The van der Waals surface area contributed by atoms with Gasteiger partial charge < -0.3 is 10.2 Å². The molecule has 0 rings (SSSR count). The maximum Gasteiger partial charge on any atom is 0.303 e. The fourth-order valence-electron chi connectivity index (χ4n) is 1.55. The molecule has 0 aliphatic carbocycles. The van der Waals surface area contributed by atoms with Gasteiger partial charge in [-0.15, -0.1) is 0 Å². The Morgan fingerprint density at radius 3 is 2.46 bits per heavy atom. The molecule has 0 saturated heterocycles. The lowest BCUT2D eigenvalue weighted by Gasteiger charge is -2.13. The van der Waals surface area contributed by atoms with Gasteiger partial charge in [-0.2, -0.15) is 0 Å². The minimum atomic E-state index is -0.717. The molecule has 0 bridgehead atoms. The van der Waals surface area contributed by atoms with Crippen LogP contribution in [0.3, 0.4) is 0 Å². The van der Waals surface area contributed by atoms with E-state index in [-0.39, 0.29) is 13.0 Å². The Morgan fingerprint density at radius 2 is 2.00 bits per heavy atom. The van der Waals surface area contributed by atoms with Crippen LogP contribution < -0.4 is 0 Å². The third-order valence-corrected chi connectivity index (χ3v) is 2.23. The second kappa shape index (κ2) is 8.05. The maximum atomic E-state index is 10.3. The lowest BCUT2D eigenvalue weighted by Crippen LogP contribution is -2.05. The predicted molar refractivity (Wildman–Crippen MR) is 51.6 cm³/mol. The summed E-state index contributed by atoms with van der Waals surface area (Å²) in [6.07, 6.45) is 4.93. The molecule has 0 aliphatic heterocycles. The van der Waals surface area contributed by atoms with Crippen LogP contribution in [0.4, 0.5) is 0 Å². The Kier molecular flexibility index (Phi) is 7.69. The monoisotopic (exact) mass is 188 g/mol. The Balaban J connectivity index is 3.59. The average Bonchev–Trinajstić information content (AvgIpc) is 2.09. The summed E-state index contributed by atoms with van der Waals surface area (Å²) in [4.78, 5) is 10.3. The summed E-state index contributed by atoms with van der Waals surface area (Å²) in [5, 5.41) is 17.2. The summed E-state index contributed by atoms with van der Waals surface area (Å²) in [7, 11) is 0. The molecule has 1 atom stereocenters. The van der Waals surface area contributed by atoms with E-state index in [0.717, 1.165) is 32.1 Å². The van der Waals surface area contributed by atoms with Gasteiger partial charge in [0.1, 0.15) is 0 Å². The molecule has 78 valence electrons. The topological polar surface area (TPSA) is 57.5 Å². The number of aliphatic hydroxyl groups excluding tert-OH is 1. The van der Waals surface area contributed by atoms with E-state index in [1.54, 1.807) is 0 Å². The Hall–Kier alpha value is -0.570. The van der Waals surface area contributed by atoms with Gasteiger partial charge in [-0.05, 0) is 25.2 Å². The van der Waals surface area contributed by atoms with Crippen LogP contribution in [0.15, 0.2) is 0 Å². The number of rotatable bonds is 8. The molecular formula is C10H20O3. The Bertz CT molecular complexity index is 134. The van der Waals surface area contributed by atoms with E-state index in [1.165, 1.54) is 0 Å². The Labute approximate surface area is 79.8 Å². The van der Waals surface area contributed by atoms with Gasteiger partial charge in [0, 0.05) is 13.0 Å². The van der Waals surface area contributed by atoms with E-state index in [1.807, 2.05) is 0 Å². The zero-order chi connectivity index (χ0) is 10.1. The molecule has 1 unspecified atom stereocenters. The minimum absolute atomic E-state index is 0.216. The molecule has 0 aliphatic rings. The zero-order valence-corrected chi connectivity index (χ0v) is 8.33. The van der Waals surface area contributed by atoms with Crippen LogP contribution in [-0.4, -0.2) is 22.8 Å². The van der Waals surface area contributed by atoms with Crippen LogP contribution in [0.5, 0.6) is 0 Å². The molecule has 0 amide bonds. The van der Waals surface area contributed by atoms with Crippen LogP contribution in [-0.2, 0) is 4.79 Å². The summed E-state index contributed by atoms with van der Waals surface area (Å²) >= 11 is 0. The highest BCUT2D eigenvalue weighted by Crippen LogP contribution is 2.18. The first-order chi connectivity index (χ1) is 6.20. The number of carbonyl (C=O) groups is 1. The van der Waals surface area contributed by atoms with Crippen molar-refractivity contribution in [1.29, 1.82) is 0 Å². The van der Waals surface area contributed by atoms with Gasteiger partial charge >= 0.3 is 5.97 Å². The van der Waals surface area contributed by atoms with E-state index >= 15 is 0 Å². The molecule has 3 heteroatoms. The van der Waals surface area contributed by atoms with Crippen molar-refractivity contribution in [2.75, 3.05) is 6.61 Å². The van der Waals surface area contributed by atoms with Gasteiger partial charge in [-0.25, -0.2) is 0 Å². The molecule has 0 saturated carbocycles. The number of aliphatic carboxylic acids is 1. The SMILES string of the molecule is CCCC(CCCO)CCC(=O)O. The van der Waals surface area contributed by atoms with Gasteiger partial charge in [0.25, 0.3) is 0 Å². The summed E-state index contributed by atoms with van der Waals surface area (Å²) in [6, 6.07) is 0. The van der Waals surface area contributed by atoms with E-state index in [4.69, 9.17) is 10.2 Å². The Morgan fingerprint density at radius 1 is 1.31 bits per heavy atom. The molecule has 0 spiro atoms. The van der Waals surface area contributed by atoms with Crippen LogP contribution in [0.2, 0.25) is 0 Å². The van der Waals surface area contributed by atoms with Gasteiger partial charge in [0.05, 0.1) is 0 Å². The van der Waals surface area contributed by atoms with Crippen LogP contribution in [0.25, 0.3) is 0 Å². The number of hydrogen-bond acceptors (Lipinski definition) is 2. The largest absolute Gasteiger partial charge is 0.481 e. The highest BCUT2D eigenvalue weighted by atomic mass is 16.4. The van der Waals surface area contributed by atoms with Crippen molar-refractivity contribution in [2.45, 2.75) is 45.4 Å². The highest BCUT2D eigenvalue weighted by Gasteiger charge is 2.09. The van der Waals surface area contributed by atoms with Crippen molar-refractivity contribution in [1.82, 2.24) is 0 Å². The van der Waals surface area contributed by atoms with E-state index in [2.05, 4.69) is 6.92 Å². The smallest absolute Gasteiger partial charge is 0.303 e. The third-order valence-electron chi connectivity index (χ3n) is 2.23. The molecule has 0 aromatic rings. The van der Waals surface area contributed by atoms with E-state index in [0.29, 0.717) is 5.92 Å². The number of aliphatic hydroxyl groups is 1. The maximum absolute atomic E-state index is 10.3. The first-order valence-corrected chi connectivity index (χ1v) is 5.03. The van der Waals surface area contributed by atoms with Gasteiger partial charge in [0.15, 0.2) is 0 Å². The third kappa shape index (κ3) is 7.78. The molecule has 3 nitrogen and oxygen atoms in total. The van der Waals surface area contributed by atoms with Crippen molar-refractivity contribution < 1.29 is 15.0 Å². The molecule has 0 fully saturated rings. The average molecular weight is 188 g/mol. The van der Waals surface area contributed by atoms with Gasteiger partial charge in [-0.1, -0.05) is 19.8 Å². The van der Waals surface area contributed by atoms with Crippen LogP contribution >= 0.6 is 0 Å². The first-order valence-electron chi connectivity index (χ1n) is 5.03. The standard InChI is InChI=1S/C10H20O3/c1-2-4-9(5-3-8-11)6-7-10(12)13/h9,11H,2-8H2,1H3,(H,12,13). The zero-order valence-electron chi connectivity index (χ0n) is 8.33. The molecule has 2 N–H and O–H groups in total. The van der Waals surface area contributed by atoms with Gasteiger partial charge in [0.2, 0.25) is 0 Å². The molecule has 0 aromatic carbocycles. The van der Waals surface area contributed by atoms with Crippen molar-refractivity contribution in [3.63, 3.8) is 0 Å². The van der Waals surface area contributed by atoms with Crippen molar-refractivity contribution in [3.8, 4) is 0 Å². The lowest BCUT2D eigenvalue weighted by atomic mass is 9.93. The summed E-state index contributed by atoms with van der Waals surface area (Å²) in [5.41, 5.74) is 0. The van der Waals surface area contributed by atoms with Crippen LogP contribution in [0.1, 0.15) is 45.4 Å². The highest BCUT2D eigenvalue weighted by molar-refractivity contribution is 5.66. The normalized spacial score (nSPS) is 12.8. The molecule has 0 aromatic heterocycles. The number of carboxylic acid groups (broad SMARTS) is 1. The summed E-state index contributed by atoms with van der Waals surface area (Å²) in [6.45, 7) is 2.32. The fourth-order valence-corrected chi connectivity index (χ4v) is 1.55. The molecule has 13 heavy (non-hydrogen) atoms. The second-order valence-electron chi connectivity index (χ2n) is 3.45. The first kappa shape index (κ1) is 12.4. The van der Waals surface area contributed by atoms with E-state index in [9.17, 15) is 4.79 Å². The molecule has 0 heterocycles. The predicted octanol–water partition coefficient (Wildman–Crippen LogP) is 2.04. The fraction of sp³-hybridized carbons (Fsp3) is 0.900. The van der Waals surface area contributed by atoms with Gasteiger partial charge in [-0.3, -0.25) is 4.79 Å². The van der Waals surface area contributed by atoms with Crippen molar-refractivity contribution in [2.24, 2.45) is 5.92 Å².